The van der Waals surface area contributed by atoms with Crippen molar-refractivity contribution in [2.24, 2.45) is 0 Å². The molecular weight excluding hydrogens is 1130 g/mol. The lowest BCUT2D eigenvalue weighted by Crippen LogP contribution is -2.37. The van der Waals surface area contributed by atoms with Gasteiger partial charge in [-0.1, -0.05) is 383 Å². The van der Waals surface area contributed by atoms with Crippen LogP contribution in [-0.4, -0.2) is 70.0 Å². The number of carbonyl (C=O) groups is 2. The van der Waals surface area contributed by atoms with E-state index in [1.54, 1.807) is 0 Å². The minimum atomic E-state index is -4.64. The Morgan fingerprint density at radius 1 is 0.356 bits per heavy atom. The van der Waals surface area contributed by atoms with Gasteiger partial charge in [0.05, 0.1) is 27.7 Å². The van der Waals surface area contributed by atoms with Crippen molar-refractivity contribution >= 4 is 19.8 Å². The molecule has 0 aromatic rings. The monoisotopic (exact) mass is 1290 g/mol. The number of ether oxygens (including phenoxy) is 2. The van der Waals surface area contributed by atoms with Crippen molar-refractivity contribution in [3.05, 3.63) is 48.6 Å². The number of quaternary nitrogens is 1. The minimum absolute atomic E-state index is 0.0287. The molecule has 0 aromatic carbocycles. The number of likely N-dealkylation sites (N-methyl/N-ethyl adjacent to an activating group) is 1. The third kappa shape index (κ3) is 75.0. The van der Waals surface area contributed by atoms with Crippen LogP contribution in [0.4, 0.5) is 0 Å². The summed E-state index contributed by atoms with van der Waals surface area (Å²) in [5.74, 6) is -0.811. The first kappa shape index (κ1) is 88.0. The lowest BCUT2D eigenvalue weighted by Gasteiger charge is -2.28. The summed E-state index contributed by atoms with van der Waals surface area (Å²) in [6, 6.07) is 0. The van der Waals surface area contributed by atoms with Gasteiger partial charge >= 0.3 is 11.9 Å². The number of phosphoric acid groups is 1. The fraction of sp³-hybridized carbons (Fsp3) is 0.875. The molecule has 0 radical (unpaired) electrons. The SMILES string of the molecule is CC/C=C\C/C=C\C/C=C\C/C=C\CCCCCCCCCCCCCCCCCCC(=O)OC(COC(=O)CCCCCCCCCCCCCCCCCCCCCCCCCCCCCCCCCCCCCCC)COP(=O)([O-])OCC[N+](C)(C)C. The molecular formula is C80H152NO8P. The number of rotatable bonds is 74. The van der Waals surface area contributed by atoms with Gasteiger partial charge < -0.3 is 27.9 Å². The van der Waals surface area contributed by atoms with Gasteiger partial charge in [0, 0.05) is 12.8 Å². The van der Waals surface area contributed by atoms with E-state index < -0.39 is 26.5 Å². The lowest BCUT2D eigenvalue weighted by molar-refractivity contribution is -0.870. The van der Waals surface area contributed by atoms with E-state index in [-0.39, 0.29) is 32.0 Å². The highest BCUT2D eigenvalue weighted by Crippen LogP contribution is 2.38. The van der Waals surface area contributed by atoms with Gasteiger partial charge in [-0.25, -0.2) is 0 Å². The van der Waals surface area contributed by atoms with Crippen molar-refractivity contribution < 1.29 is 42.1 Å². The Morgan fingerprint density at radius 2 is 0.633 bits per heavy atom. The molecule has 0 aliphatic rings. The van der Waals surface area contributed by atoms with Crippen molar-refractivity contribution in [2.75, 3.05) is 47.5 Å². The largest absolute Gasteiger partial charge is 0.756 e. The van der Waals surface area contributed by atoms with Crippen molar-refractivity contribution in [1.29, 1.82) is 0 Å². The zero-order chi connectivity index (χ0) is 65.5. The highest BCUT2D eigenvalue weighted by molar-refractivity contribution is 7.45. The standard InChI is InChI=1S/C80H152NO8P/c1-6-8-10-12-14-16-18-20-22-24-26-28-30-32-34-36-37-38-39-40-41-42-43-45-46-48-50-52-54-56-58-60-62-64-66-68-70-72-79(82)86-76-78(77-88-90(84,85)87-75-74-81(3,4)5)89-80(83)73-71-69-67-65-63-61-59-57-55-53-51-49-47-44-35-33-31-29-27-25-23-21-19-17-15-13-11-9-7-2/h9,11,15,17,21,23,27,29,78H,6-8,10,12-14,16,18-20,22,24-26,28,30-77H2,1-5H3/b11-9-,17-15-,23-21-,29-27-. The molecule has 0 fully saturated rings. The normalized spacial score (nSPS) is 13.3. The van der Waals surface area contributed by atoms with Gasteiger partial charge in [-0.2, -0.15) is 0 Å². The molecule has 2 atom stereocenters. The second-order valence-corrected chi connectivity index (χ2v) is 29.5. The first-order valence-corrected chi connectivity index (χ1v) is 40.8. The molecule has 0 heterocycles. The number of hydrogen-bond acceptors (Lipinski definition) is 8. The van der Waals surface area contributed by atoms with Gasteiger partial charge in [-0.15, -0.1) is 0 Å². The third-order valence-corrected chi connectivity index (χ3v) is 18.8. The molecule has 10 heteroatoms. The topological polar surface area (TPSA) is 111 Å². The van der Waals surface area contributed by atoms with Crippen LogP contribution in [0.15, 0.2) is 48.6 Å². The fourth-order valence-corrected chi connectivity index (χ4v) is 12.6. The van der Waals surface area contributed by atoms with Gasteiger partial charge in [0.2, 0.25) is 0 Å². The van der Waals surface area contributed by atoms with E-state index in [1.807, 2.05) is 21.1 Å². The second-order valence-electron chi connectivity index (χ2n) is 28.1. The third-order valence-electron chi connectivity index (χ3n) is 17.9. The average molecular weight is 1290 g/mol. The van der Waals surface area contributed by atoms with E-state index >= 15 is 0 Å². The Labute approximate surface area is 560 Å². The molecule has 0 saturated heterocycles. The van der Waals surface area contributed by atoms with Crippen LogP contribution in [0.5, 0.6) is 0 Å². The maximum atomic E-state index is 12.9. The Hall–Kier alpha value is -2.03. The number of carbonyl (C=O) groups excluding carboxylic acids is 2. The van der Waals surface area contributed by atoms with Crippen molar-refractivity contribution in [3.63, 3.8) is 0 Å². The zero-order valence-corrected chi connectivity index (χ0v) is 61.5. The van der Waals surface area contributed by atoms with Crippen LogP contribution in [0.1, 0.15) is 399 Å². The molecule has 0 N–H and O–H groups in total. The average Bonchev–Trinajstić information content (AvgIpc) is 3.58. The van der Waals surface area contributed by atoms with E-state index in [4.69, 9.17) is 18.5 Å². The summed E-state index contributed by atoms with van der Waals surface area (Å²) in [4.78, 5) is 38.2. The predicted octanol–water partition coefficient (Wildman–Crippen LogP) is 25.3. The van der Waals surface area contributed by atoms with E-state index in [0.717, 1.165) is 64.2 Å². The van der Waals surface area contributed by atoms with Crippen LogP contribution in [-0.2, 0) is 32.7 Å². The molecule has 0 aromatic heterocycles. The molecule has 530 valence electrons. The number of phosphoric ester groups is 1. The minimum Gasteiger partial charge on any atom is -0.756 e. The summed E-state index contributed by atoms with van der Waals surface area (Å²) in [5, 5.41) is 0. The summed E-state index contributed by atoms with van der Waals surface area (Å²) in [7, 11) is 1.19. The molecule has 0 spiro atoms. The molecule has 0 bridgehead atoms. The van der Waals surface area contributed by atoms with E-state index in [1.165, 1.54) is 302 Å². The predicted molar refractivity (Wildman–Crippen MR) is 388 cm³/mol. The van der Waals surface area contributed by atoms with E-state index in [9.17, 15) is 19.0 Å². The molecule has 0 aliphatic carbocycles. The van der Waals surface area contributed by atoms with Crippen LogP contribution >= 0.6 is 7.82 Å². The Morgan fingerprint density at radius 3 is 0.944 bits per heavy atom. The van der Waals surface area contributed by atoms with Gasteiger partial charge in [0.25, 0.3) is 7.82 Å². The molecule has 90 heavy (non-hydrogen) atoms. The van der Waals surface area contributed by atoms with Gasteiger partial charge in [0.15, 0.2) is 6.10 Å². The highest BCUT2D eigenvalue weighted by atomic mass is 31.2. The molecule has 0 amide bonds. The number of nitrogens with zero attached hydrogens (tertiary/aromatic N) is 1. The van der Waals surface area contributed by atoms with Gasteiger partial charge in [-0.05, 0) is 51.4 Å². The van der Waals surface area contributed by atoms with Crippen LogP contribution in [0.25, 0.3) is 0 Å². The molecule has 2 unspecified atom stereocenters. The number of esters is 2. The van der Waals surface area contributed by atoms with Crippen molar-refractivity contribution in [3.8, 4) is 0 Å². The van der Waals surface area contributed by atoms with E-state index in [0.29, 0.717) is 17.4 Å². The van der Waals surface area contributed by atoms with Crippen molar-refractivity contribution in [1.82, 2.24) is 0 Å². The summed E-state index contributed by atoms with van der Waals surface area (Å²) in [6.07, 6.45) is 93.8. The number of unbranched alkanes of at least 4 members (excludes halogenated alkanes) is 52. The Kier molecular flexibility index (Phi) is 69.7. The zero-order valence-electron chi connectivity index (χ0n) is 60.6. The van der Waals surface area contributed by atoms with Crippen LogP contribution < -0.4 is 4.89 Å². The molecule has 0 rings (SSSR count). The summed E-state index contributed by atoms with van der Waals surface area (Å²) in [5.41, 5.74) is 0. The Balaban J connectivity index is 3.90. The quantitative estimate of drug-likeness (QED) is 0.0195. The van der Waals surface area contributed by atoms with Crippen molar-refractivity contribution in [2.45, 2.75) is 405 Å². The smallest absolute Gasteiger partial charge is 0.306 e. The fourth-order valence-electron chi connectivity index (χ4n) is 11.9. The molecule has 0 aliphatic heterocycles. The number of hydrogen-bond donors (Lipinski definition) is 0. The molecule has 9 nitrogen and oxygen atoms in total. The molecule has 0 saturated carbocycles. The lowest BCUT2D eigenvalue weighted by atomic mass is 10.0. The highest BCUT2D eigenvalue weighted by Gasteiger charge is 2.22. The van der Waals surface area contributed by atoms with E-state index in [2.05, 4.69) is 62.5 Å². The van der Waals surface area contributed by atoms with Crippen LogP contribution in [0, 0.1) is 0 Å². The first-order chi connectivity index (χ1) is 44.0. The van der Waals surface area contributed by atoms with Crippen LogP contribution in [0.3, 0.4) is 0 Å². The Bertz CT molecular complexity index is 1660. The second kappa shape index (κ2) is 71.3. The summed E-state index contributed by atoms with van der Waals surface area (Å²) in [6.45, 7) is 4.20. The van der Waals surface area contributed by atoms with Crippen LogP contribution in [0.2, 0.25) is 0 Å². The maximum Gasteiger partial charge on any atom is 0.306 e. The number of allylic oxidation sites excluding steroid dienone is 8. The van der Waals surface area contributed by atoms with Gasteiger partial charge in [0.1, 0.15) is 19.8 Å². The first-order valence-electron chi connectivity index (χ1n) is 39.3. The summed E-state index contributed by atoms with van der Waals surface area (Å²) < 4.78 is 34.4. The maximum absolute atomic E-state index is 12.9. The summed E-state index contributed by atoms with van der Waals surface area (Å²) >= 11 is 0. The van der Waals surface area contributed by atoms with Gasteiger partial charge in [-0.3, -0.25) is 14.2 Å².